The highest BCUT2D eigenvalue weighted by Gasteiger charge is 2.09. The zero-order chi connectivity index (χ0) is 13.7. The maximum absolute atomic E-state index is 6.08. The normalized spacial score (nSPS) is 11.9. The van der Waals surface area contributed by atoms with E-state index in [9.17, 15) is 0 Å². The summed E-state index contributed by atoms with van der Waals surface area (Å²) in [6, 6.07) is 14.7. The van der Waals surface area contributed by atoms with Crippen molar-refractivity contribution in [1.82, 2.24) is 0 Å². The molecule has 3 nitrogen and oxygen atoms in total. The van der Waals surface area contributed by atoms with Crippen LogP contribution < -0.4 is 15.2 Å². The van der Waals surface area contributed by atoms with Crippen LogP contribution in [-0.2, 0) is 0 Å². The number of nitrogens with two attached hydrogens (primary N) is 1. The molecule has 0 spiro atoms. The molecule has 1 atom stereocenters. The van der Waals surface area contributed by atoms with Crippen molar-refractivity contribution in [3.05, 3.63) is 59.1 Å². The van der Waals surface area contributed by atoms with Crippen LogP contribution in [0.25, 0.3) is 0 Å². The van der Waals surface area contributed by atoms with E-state index in [0.29, 0.717) is 23.1 Å². The number of rotatable bonds is 5. The van der Waals surface area contributed by atoms with Crippen LogP contribution in [0.5, 0.6) is 11.5 Å². The second kappa shape index (κ2) is 6.45. The van der Waals surface area contributed by atoms with Crippen LogP contribution in [0.3, 0.4) is 0 Å². The third kappa shape index (κ3) is 3.63. The van der Waals surface area contributed by atoms with E-state index in [-0.39, 0.29) is 6.04 Å². The van der Waals surface area contributed by atoms with Gasteiger partial charge in [0.15, 0.2) is 11.5 Å². The Balaban J connectivity index is 2.00. The molecule has 2 aromatic carbocycles. The van der Waals surface area contributed by atoms with E-state index >= 15 is 0 Å². The van der Waals surface area contributed by atoms with Crippen molar-refractivity contribution in [2.45, 2.75) is 6.04 Å². The number of para-hydroxylation sites is 2. The van der Waals surface area contributed by atoms with Crippen molar-refractivity contribution in [3.63, 3.8) is 0 Å². The first kappa shape index (κ1) is 13.7. The fraction of sp³-hybridized carbons (Fsp3) is 0.200. The zero-order valence-corrected chi connectivity index (χ0v) is 11.4. The molecular weight excluding hydrogens is 262 g/mol. The van der Waals surface area contributed by atoms with Gasteiger partial charge < -0.3 is 15.2 Å². The molecule has 2 aromatic rings. The Morgan fingerprint density at radius 1 is 1.05 bits per heavy atom. The van der Waals surface area contributed by atoms with Crippen LogP contribution in [0.1, 0.15) is 11.6 Å². The second-order valence-corrected chi connectivity index (χ2v) is 4.56. The van der Waals surface area contributed by atoms with Crippen molar-refractivity contribution in [2.75, 3.05) is 13.7 Å². The lowest BCUT2D eigenvalue weighted by molar-refractivity contribution is 0.273. The van der Waals surface area contributed by atoms with Gasteiger partial charge in [0.25, 0.3) is 0 Å². The summed E-state index contributed by atoms with van der Waals surface area (Å²) in [5.41, 5.74) is 7.06. The molecule has 0 aromatic heterocycles. The fourth-order valence-electron chi connectivity index (χ4n) is 1.72. The van der Waals surface area contributed by atoms with Gasteiger partial charge in [-0.1, -0.05) is 35.9 Å². The molecule has 0 aliphatic rings. The van der Waals surface area contributed by atoms with Crippen molar-refractivity contribution in [3.8, 4) is 11.5 Å². The van der Waals surface area contributed by atoms with Gasteiger partial charge in [0.2, 0.25) is 0 Å². The quantitative estimate of drug-likeness (QED) is 0.911. The van der Waals surface area contributed by atoms with E-state index in [1.165, 1.54) is 0 Å². The first-order chi connectivity index (χ1) is 9.20. The Morgan fingerprint density at radius 2 is 1.68 bits per heavy atom. The Hall–Kier alpha value is -1.71. The van der Waals surface area contributed by atoms with Crippen molar-refractivity contribution in [2.24, 2.45) is 5.73 Å². The minimum atomic E-state index is -0.206. The van der Waals surface area contributed by atoms with Gasteiger partial charge in [-0.05, 0) is 29.8 Å². The molecular formula is C15H16ClNO2. The lowest BCUT2D eigenvalue weighted by Gasteiger charge is -2.15. The van der Waals surface area contributed by atoms with Crippen LogP contribution in [0.4, 0.5) is 0 Å². The largest absolute Gasteiger partial charge is 0.493 e. The highest BCUT2D eigenvalue weighted by molar-refractivity contribution is 6.30. The summed E-state index contributed by atoms with van der Waals surface area (Å²) in [6.07, 6.45) is 0. The van der Waals surface area contributed by atoms with E-state index in [4.69, 9.17) is 26.8 Å². The fourth-order valence-corrected chi connectivity index (χ4v) is 1.85. The van der Waals surface area contributed by atoms with Crippen LogP contribution >= 0.6 is 11.6 Å². The summed E-state index contributed by atoms with van der Waals surface area (Å²) >= 11 is 5.84. The van der Waals surface area contributed by atoms with Gasteiger partial charge in [-0.2, -0.15) is 0 Å². The first-order valence-electron chi connectivity index (χ1n) is 5.97. The molecule has 0 aliphatic heterocycles. The smallest absolute Gasteiger partial charge is 0.161 e. The Labute approximate surface area is 117 Å². The molecule has 2 N–H and O–H groups in total. The predicted molar refractivity (Wildman–Crippen MR) is 76.9 cm³/mol. The van der Waals surface area contributed by atoms with Gasteiger partial charge in [-0.3, -0.25) is 0 Å². The third-order valence-corrected chi connectivity index (χ3v) is 3.04. The van der Waals surface area contributed by atoms with E-state index in [2.05, 4.69) is 0 Å². The predicted octanol–water partition coefficient (Wildman–Crippen LogP) is 3.43. The van der Waals surface area contributed by atoms with Gasteiger partial charge in [-0.15, -0.1) is 0 Å². The molecule has 0 aliphatic carbocycles. The number of methoxy groups -OCH3 is 1. The topological polar surface area (TPSA) is 44.5 Å². The van der Waals surface area contributed by atoms with Crippen LogP contribution in [0.2, 0.25) is 5.02 Å². The summed E-state index contributed by atoms with van der Waals surface area (Å²) in [5.74, 6) is 1.39. The van der Waals surface area contributed by atoms with Gasteiger partial charge in [0.1, 0.15) is 6.61 Å². The monoisotopic (exact) mass is 277 g/mol. The molecule has 1 unspecified atom stereocenters. The van der Waals surface area contributed by atoms with E-state index in [1.54, 1.807) is 7.11 Å². The molecule has 19 heavy (non-hydrogen) atoms. The number of halogens is 1. The lowest BCUT2D eigenvalue weighted by atomic mass is 10.1. The molecule has 0 amide bonds. The molecule has 0 radical (unpaired) electrons. The minimum absolute atomic E-state index is 0.206. The van der Waals surface area contributed by atoms with Crippen molar-refractivity contribution < 1.29 is 9.47 Å². The maximum Gasteiger partial charge on any atom is 0.161 e. The number of ether oxygens (including phenoxy) is 2. The molecule has 0 bridgehead atoms. The molecule has 2 rings (SSSR count). The Morgan fingerprint density at radius 3 is 2.32 bits per heavy atom. The number of hydrogen-bond donors (Lipinski definition) is 1. The number of benzene rings is 2. The SMILES string of the molecule is COc1ccccc1OCC(N)c1ccc(Cl)cc1. The third-order valence-electron chi connectivity index (χ3n) is 2.79. The van der Waals surface area contributed by atoms with Crippen LogP contribution in [0.15, 0.2) is 48.5 Å². The minimum Gasteiger partial charge on any atom is -0.493 e. The molecule has 0 saturated carbocycles. The van der Waals surface area contributed by atoms with Crippen LogP contribution in [-0.4, -0.2) is 13.7 Å². The summed E-state index contributed by atoms with van der Waals surface area (Å²) in [6.45, 7) is 0.377. The highest BCUT2D eigenvalue weighted by atomic mass is 35.5. The van der Waals surface area contributed by atoms with Gasteiger partial charge in [-0.25, -0.2) is 0 Å². The molecule has 0 heterocycles. The van der Waals surface area contributed by atoms with Gasteiger partial charge in [0.05, 0.1) is 13.2 Å². The average Bonchev–Trinajstić information content (AvgIpc) is 2.45. The average molecular weight is 278 g/mol. The van der Waals surface area contributed by atoms with Gasteiger partial charge in [0, 0.05) is 5.02 Å². The molecule has 0 saturated heterocycles. The molecule has 0 fully saturated rings. The zero-order valence-electron chi connectivity index (χ0n) is 10.7. The van der Waals surface area contributed by atoms with Crippen molar-refractivity contribution in [1.29, 1.82) is 0 Å². The Kier molecular flexibility index (Phi) is 4.66. The molecule has 100 valence electrons. The number of hydrogen-bond acceptors (Lipinski definition) is 3. The molecule has 4 heteroatoms. The summed E-state index contributed by atoms with van der Waals surface area (Å²) in [5, 5.41) is 0.696. The highest BCUT2D eigenvalue weighted by Crippen LogP contribution is 2.26. The first-order valence-corrected chi connectivity index (χ1v) is 6.35. The van der Waals surface area contributed by atoms with Gasteiger partial charge >= 0.3 is 0 Å². The standard InChI is InChI=1S/C15H16ClNO2/c1-18-14-4-2-3-5-15(14)19-10-13(17)11-6-8-12(16)9-7-11/h2-9,13H,10,17H2,1H3. The summed E-state index contributed by atoms with van der Waals surface area (Å²) in [4.78, 5) is 0. The van der Waals surface area contributed by atoms with E-state index < -0.39 is 0 Å². The lowest BCUT2D eigenvalue weighted by Crippen LogP contribution is -2.19. The van der Waals surface area contributed by atoms with E-state index in [0.717, 1.165) is 5.56 Å². The summed E-state index contributed by atoms with van der Waals surface area (Å²) in [7, 11) is 1.61. The van der Waals surface area contributed by atoms with Crippen molar-refractivity contribution >= 4 is 11.6 Å². The summed E-state index contributed by atoms with van der Waals surface area (Å²) < 4.78 is 10.9. The van der Waals surface area contributed by atoms with E-state index in [1.807, 2.05) is 48.5 Å². The van der Waals surface area contributed by atoms with Crippen LogP contribution in [0, 0.1) is 0 Å². The Bertz CT molecular complexity index is 528. The second-order valence-electron chi connectivity index (χ2n) is 4.12. The maximum atomic E-state index is 6.08.